The van der Waals surface area contributed by atoms with E-state index in [2.05, 4.69) is 38.5 Å². The van der Waals surface area contributed by atoms with Gasteiger partial charge in [0.1, 0.15) is 0 Å². The lowest BCUT2D eigenvalue weighted by Crippen LogP contribution is -2.51. The molecule has 0 spiro atoms. The van der Waals surface area contributed by atoms with Crippen LogP contribution >= 0.6 is 35.3 Å². The van der Waals surface area contributed by atoms with Crippen LogP contribution in [0.3, 0.4) is 0 Å². The maximum Gasteiger partial charge on any atom is 0.191 e. The number of nitrogens with zero attached hydrogens (tertiary/aromatic N) is 5. The average Bonchev–Trinajstić information content (AvgIpc) is 3.06. The van der Waals surface area contributed by atoms with Gasteiger partial charge in [0.25, 0.3) is 0 Å². The van der Waals surface area contributed by atoms with Crippen LogP contribution in [-0.4, -0.2) is 73.1 Å². The van der Waals surface area contributed by atoms with Gasteiger partial charge in [0.2, 0.25) is 0 Å². The molecule has 1 aromatic rings. The van der Waals surface area contributed by atoms with E-state index in [-0.39, 0.29) is 24.0 Å². The fourth-order valence-electron chi connectivity index (χ4n) is 2.44. The molecule has 1 saturated heterocycles. The molecule has 1 fully saturated rings. The Morgan fingerprint density at radius 2 is 2.00 bits per heavy atom. The predicted octanol–water partition coefficient (Wildman–Crippen LogP) is 1.54. The van der Waals surface area contributed by atoms with Gasteiger partial charge in [-0.2, -0.15) is 0 Å². The predicted molar refractivity (Wildman–Crippen MR) is 106 cm³/mol. The first-order chi connectivity index (χ1) is 10.2. The molecule has 22 heavy (non-hydrogen) atoms. The van der Waals surface area contributed by atoms with E-state index in [9.17, 15) is 0 Å². The normalized spacial score (nSPS) is 16.0. The molecule has 0 unspecified atom stereocenters. The number of thiazole rings is 1. The molecule has 2 heterocycles. The van der Waals surface area contributed by atoms with Crippen molar-refractivity contribution >= 4 is 46.4 Å². The number of anilines is 1. The summed E-state index contributed by atoms with van der Waals surface area (Å²) in [6, 6.07) is 0. The Kier molecular flexibility index (Phi) is 9.03. The SMILES string of the molecule is CCN(CC)CCN=C(N)N1CCN(c2nccs2)CC1.I. The standard InChI is InChI=1S/C14H26N6S.HI/c1-3-18(4-2)7-5-16-13(15)19-8-10-20(11-9-19)14-17-6-12-21-14;/h6,12H,3-5,7-11H2,1-2H3,(H2,15,16);1H. The summed E-state index contributed by atoms with van der Waals surface area (Å²) in [6.45, 7) is 12.0. The number of hydrogen-bond donors (Lipinski definition) is 1. The third kappa shape index (κ3) is 5.54. The molecule has 6 nitrogen and oxygen atoms in total. The smallest absolute Gasteiger partial charge is 0.191 e. The van der Waals surface area contributed by atoms with Gasteiger partial charge in [-0.1, -0.05) is 13.8 Å². The first kappa shape index (κ1) is 19.4. The molecule has 1 aliphatic heterocycles. The number of nitrogens with two attached hydrogens (primary N) is 1. The van der Waals surface area contributed by atoms with Crippen molar-refractivity contribution < 1.29 is 0 Å². The van der Waals surface area contributed by atoms with E-state index in [1.165, 1.54) is 0 Å². The minimum atomic E-state index is 0. The molecular weight excluding hydrogens is 411 g/mol. The zero-order valence-corrected chi connectivity index (χ0v) is 16.6. The molecule has 0 aliphatic carbocycles. The molecule has 0 radical (unpaired) electrons. The number of rotatable bonds is 6. The highest BCUT2D eigenvalue weighted by Gasteiger charge is 2.19. The fraction of sp³-hybridized carbons (Fsp3) is 0.714. The molecule has 126 valence electrons. The monoisotopic (exact) mass is 438 g/mol. The number of hydrogen-bond acceptors (Lipinski definition) is 5. The Labute approximate surface area is 154 Å². The van der Waals surface area contributed by atoms with E-state index in [4.69, 9.17) is 5.73 Å². The van der Waals surface area contributed by atoms with Crippen LogP contribution in [-0.2, 0) is 0 Å². The Bertz CT molecular complexity index is 427. The maximum absolute atomic E-state index is 6.11. The van der Waals surface area contributed by atoms with Gasteiger partial charge >= 0.3 is 0 Å². The highest BCUT2D eigenvalue weighted by atomic mass is 127. The number of halogens is 1. The molecule has 1 aliphatic rings. The van der Waals surface area contributed by atoms with Gasteiger partial charge in [0.15, 0.2) is 11.1 Å². The van der Waals surface area contributed by atoms with Crippen molar-refractivity contribution in [3.05, 3.63) is 11.6 Å². The van der Waals surface area contributed by atoms with Gasteiger partial charge in [0, 0.05) is 44.3 Å². The average molecular weight is 438 g/mol. The Hall–Kier alpha value is -0.610. The quantitative estimate of drug-likeness (QED) is 0.415. The maximum atomic E-state index is 6.11. The summed E-state index contributed by atoms with van der Waals surface area (Å²) in [4.78, 5) is 15.7. The largest absolute Gasteiger partial charge is 0.370 e. The van der Waals surface area contributed by atoms with E-state index >= 15 is 0 Å². The Balaban J connectivity index is 0.00000242. The molecule has 2 rings (SSSR count). The first-order valence-electron chi connectivity index (χ1n) is 7.66. The van der Waals surface area contributed by atoms with Crippen LogP contribution < -0.4 is 10.6 Å². The fourth-order valence-corrected chi connectivity index (χ4v) is 3.14. The van der Waals surface area contributed by atoms with Crippen molar-refractivity contribution in [1.82, 2.24) is 14.8 Å². The number of piperazine rings is 1. The van der Waals surface area contributed by atoms with E-state index in [1.54, 1.807) is 11.3 Å². The lowest BCUT2D eigenvalue weighted by atomic mass is 10.3. The van der Waals surface area contributed by atoms with Gasteiger partial charge in [0.05, 0.1) is 6.54 Å². The van der Waals surface area contributed by atoms with Crippen LogP contribution in [0.4, 0.5) is 5.13 Å². The summed E-state index contributed by atoms with van der Waals surface area (Å²) < 4.78 is 0. The zero-order valence-electron chi connectivity index (χ0n) is 13.4. The van der Waals surface area contributed by atoms with Crippen molar-refractivity contribution in [2.75, 3.05) is 57.3 Å². The molecule has 2 N–H and O–H groups in total. The van der Waals surface area contributed by atoms with Crippen LogP contribution in [0.2, 0.25) is 0 Å². The second-order valence-electron chi connectivity index (χ2n) is 5.06. The molecule has 0 saturated carbocycles. The van der Waals surface area contributed by atoms with Crippen molar-refractivity contribution in [3.8, 4) is 0 Å². The Morgan fingerprint density at radius 1 is 1.32 bits per heavy atom. The van der Waals surface area contributed by atoms with Crippen molar-refractivity contribution in [2.24, 2.45) is 10.7 Å². The molecule has 0 bridgehead atoms. The lowest BCUT2D eigenvalue weighted by molar-refractivity contribution is 0.311. The lowest BCUT2D eigenvalue weighted by Gasteiger charge is -2.35. The van der Waals surface area contributed by atoms with Crippen LogP contribution in [0.15, 0.2) is 16.6 Å². The van der Waals surface area contributed by atoms with Gasteiger partial charge < -0.3 is 20.4 Å². The van der Waals surface area contributed by atoms with Gasteiger partial charge in [-0.05, 0) is 13.1 Å². The second-order valence-corrected chi connectivity index (χ2v) is 5.93. The second kappa shape index (κ2) is 10.2. The minimum Gasteiger partial charge on any atom is -0.370 e. The molecule has 0 atom stereocenters. The van der Waals surface area contributed by atoms with Crippen LogP contribution in [0.25, 0.3) is 0 Å². The summed E-state index contributed by atoms with van der Waals surface area (Å²) in [5.74, 6) is 0.681. The van der Waals surface area contributed by atoms with Crippen molar-refractivity contribution in [1.29, 1.82) is 0 Å². The number of guanidine groups is 1. The third-order valence-corrected chi connectivity index (χ3v) is 4.71. The molecular formula is C14H27IN6S. The number of aromatic nitrogens is 1. The summed E-state index contributed by atoms with van der Waals surface area (Å²) >= 11 is 1.69. The van der Waals surface area contributed by atoms with E-state index in [1.807, 2.05) is 11.6 Å². The minimum absolute atomic E-state index is 0. The van der Waals surface area contributed by atoms with Gasteiger partial charge in [-0.3, -0.25) is 4.99 Å². The molecule has 0 amide bonds. The van der Waals surface area contributed by atoms with Gasteiger partial charge in [-0.25, -0.2) is 4.98 Å². The van der Waals surface area contributed by atoms with E-state index in [0.717, 1.165) is 57.5 Å². The summed E-state index contributed by atoms with van der Waals surface area (Å²) in [6.07, 6.45) is 1.86. The van der Waals surface area contributed by atoms with Crippen LogP contribution in [0.5, 0.6) is 0 Å². The molecule has 1 aromatic heterocycles. The third-order valence-electron chi connectivity index (χ3n) is 3.88. The molecule has 0 aromatic carbocycles. The van der Waals surface area contributed by atoms with E-state index in [0.29, 0.717) is 5.96 Å². The van der Waals surface area contributed by atoms with Crippen molar-refractivity contribution in [2.45, 2.75) is 13.8 Å². The summed E-state index contributed by atoms with van der Waals surface area (Å²) in [5.41, 5.74) is 6.11. The van der Waals surface area contributed by atoms with Crippen molar-refractivity contribution in [3.63, 3.8) is 0 Å². The number of aliphatic imine (C=N–C) groups is 1. The molecule has 8 heteroatoms. The highest BCUT2D eigenvalue weighted by molar-refractivity contribution is 14.0. The van der Waals surface area contributed by atoms with E-state index < -0.39 is 0 Å². The zero-order chi connectivity index (χ0) is 15.1. The van der Waals surface area contributed by atoms with Crippen LogP contribution in [0, 0.1) is 0 Å². The van der Waals surface area contributed by atoms with Crippen LogP contribution in [0.1, 0.15) is 13.8 Å². The highest BCUT2D eigenvalue weighted by Crippen LogP contribution is 2.18. The Morgan fingerprint density at radius 3 is 2.55 bits per heavy atom. The van der Waals surface area contributed by atoms with Gasteiger partial charge in [-0.15, -0.1) is 35.3 Å². The number of likely N-dealkylation sites (N-methyl/N-ethyl adjacent to an activating group) is 1. The summed E-state index contributed by atoms with van der Waals surface area (Å²) in [5, 5.41) is 3.12. The topological polar surface area (TPSA) is 61.0 Å². The summed E-state index contributed by atoms with van der Waals surface area (Å²) in [7, 11) is 0. The first-order valence-corrected chi connectivity index (χ1v) is 8.54.